The summed E-state index contributed by atoms with van der Waals surface area (Å²) in [5.74, 6) is 0. The van der Waals surface area contributed by atoms with Crippen LogP contribution in [0.4, 0.5) is 0 Å². The molecule has 14 heavy (non-hydrogen) atoms. The summed E-state index contributed by atoms with van der Waals surface area (Å²) < 4.78 is 11.1. The first kappa shape index (κ1) is 10.4. The van der Waals surface area contributed by atoms with E-state index in [0.29, 0.717) is 6.10 Å². The third kappa shape index (κ3) is 2.69. The summed E-state index contributed by atoms with van der Waals surface area (Å²) in [4.78, 5) is 0. The molecule has 0 spiro atoms. The molecule has 0 aromatic heterocycles. The number of rotatable bonds is 3. The molecule has 0 saturated carbocycles. The van der Waals surface area contributed by atoms with Gasteiger partial charge >= 0.3 is 0 Å². The van der Waals surface area contributed by atoms with Crippen LogP contribution in [0.2, 0.25) is 0 Å². The van der Waals surface area contributed by atoms with Crippen molar-refractivity contribution in [2.75, 3.05) is 26.4 Å². The SMILES string of the molecule is CC1(NCC2CCCCO2)CCOC1. The molecule has 2 unspecified atom stereocenters. The lowest BCUT2D eigenvalue weighted by Gasteiger charge is -2.29. The van der Waals surface area contributed by atoms with Gasteiger partial charge in [0.25, 0.3) is 0 Å². The van der Waals surface area contributed by atoms with Gasteiger partial charge in [0.2, 0.25) is 0 Å². The monoisotopic (exact) mass is 199 g/mol. The fourth-order valence-electron chi connectivity index (χ4n) is 2.14. The van der Waals surface area contributed by atoms with Crippen molar-refractivity contribution >= 4 is 0 Å². The van der Waals surface area contributed by atoms with Crippen LogP contribution in [0.1, 0.15) is 32.6 Å². The molecule has 2 fully saturated rings. The van der Waals surface area contributed by atoms with E-state index in [9.17, 15) is 0 Å². The van der Waals surface area contributed by atoms with E-state index in [1.54, 1.807) is 0 Å². The normalized spacial score (nSPS) is 38.8. The van der Waals surface area contributed by atoms with Gasteiger partial charge in [0, 0.05) is 25.3 Å². The fraction of sp³-hybridized carbons (Fsp3) is 1.00. The van der Waals surface area contributed by atoms with Gasteiger partial charge in [-0.25, -0.2) is 0 Å². The van der Waals surface area contributed by atoms with E-state index in [0.717, 1.165) is 32.8 Å². The van der Waals surface area contributed by atoms with E-state index in [2.05, 4.69) is 12.2 Å². The fourth-order valence-corrected chi connectivity index (χ4v) is 2.14. The zero-order valence-corrected chi connectivity index (χ0v) is 9.05. The second kappa shape index (κ2) is 4.60. The van der Waals surface area contributed by atoms with Crippen LogP contribution in [0, 0.1) is 0 Å². The van der Waals surface area contributed by atoms with Crippen LogP contribution >= 0.6 is 0 Å². The average molecular weight is 199 g/mol. The summed E-state index contributed by atoms with van der Waals surface area (Å²) in [6, 6.07) is 0. The lowest BCUT2D eigenvalue weighted by molar-refractivity contribution is 0.0120. The summed E-state index contributed by atoms with van der Waals surface area (Å²) in [5.41, 5.74) is 0.195. The summed E-state index contributed by atoms with van der Waals surface area (Å²) in [6.07, 6.45) is 5.32. The predicted molar refractivity (Wildman–Crippen MR) is 55.4 cm³/mol. The van der Waals surface area contributed by atoms with Crippen molar-refractivity contribution in [2.45, 2.75) is 44.2 Å². The second-order valence-corrected chi connectivity index (χ2v) is 4.73. The van der Waals surface area contributed by atoms with Gasteiger partial charge in [0.15, 0.2) is 0 Å². The number of hydrogen-bond donors (Lipinski definition) is 1. The molecule has 82 valence electrons. The molecule has 2 aliphatic heterocycles. The van der Waals surface area contributed by atoms with E-state index in [1.807, 2.05) is 0 Å². The molecular formula is C11H21NO2. The smallest absolute Gasteiger partial charge is 0.0699 e. The van der Waals surface area contributed by atoms with Crippen molar-refractivity contribution in [3.63, 3.8) is 0 Å². The van der Waals surface area contributed by atoms with Crippen molar-refractivity contribution < 1.29 is 9.47 Å². The first-order chi connectivity index (χ1) is 6.79. The highest BCUT2D eigenvalue weighted by Gasteiger charge is 2.29. The maximum atomic E-state index is 5.68. The topological polar surface area (TPSA) is 30.5 Å². The van der Waals surface area contributed by atoms with Crippen LogP contribution in [-0.4, -0.2) is 38.0 Å². The Morgan fingerprint density at radius 1 is 1.36 bits per heavy atom. The molecule has 2 atom stereocenters. The van der Waals surface area contributed by atoms with E-state index >= 15 is 0 Å². The molecule has 2 saturated heterocycles. The summed E-state index contributed by atoms with van der Waals surface area (Å²) in [7, 11) is 0. The van der Waals surface area contributed by atoms with Crippen LogP contribution in [0.3, 0.4) is 0 Å². The van der Waals surface area contributed by atoms with Crippen molar-refractivity contribution in [1.82, 2.24) is 5.32 Å². The standard InChI is InChI=1S/C11H21NO2/c1-11(5-7-13-9-11)12-8-10-4-2-3-6-14-10/h10,12H,2-9H2,1H3. The molecule has 0 amide bonds. The highest BCUT2D eigenvalue weighted by Crippen LogP contribution is 2.19. The van der Waals surface area contributed by atoms with Gasteiger partial charge < -0.3 is 14.8 Å². The Morgan fingerprint density at radius 2 is 2.29 bits per heavy atom. The lowest BCUT2D eigenvalue weighted by Crippen LogP contribution is -2.47. The van der Waals surface area contributed by atoms with Gasteiger partial charge in [0.1, 0.15) is 0 Å². The van der Waals surface area contributed by atoms with Gasteiger partial charge in [-0.3, -0.25) is 0 Å². The van der Waals surface area contributed by atoms with Crippen LogP contribution < -0.4 is 5.32 Å². The summed E-state index contributed by atoms with van der Waals surface area (Å²) >= 11 is 0. The van der Waals surface area contributed by atoms with Crippen molar-refractivity contribution in [3.05, 3.63) is 0 Å². The van der Waals surface area contributed by atoms with Crippen LogP contribution in [0.25, 0.3) is 0 Å². The Labute approximate surface area is 86.2 Å². The third-order valence-corrected chi connectivity index (χ3v) is 3.25. The molecule has 0 aliphatic carbocycles. The molecule has 1 N–H and O–H groups in total. The zero-order chi connectivity index (χ0) is 9.86. The highest BCUT2D eigenvalue weighted by atomic mass is 16.5. The minimum atomic E-state index is 0.195. The minimum Gasteiger partial charge on any atom is -0.379 e. The lowest BCUT2D eigenvalue weighted by atomic mass is 10.0. The van der Waals surface area contributed by atoms with Gasteiger partial charge in [0.05, 0.1) is 12.7 Å². The number of ether oxygens (including phenoxy) is 2. The van der Waals surface area contributed by atoms with Gasteiger partial charge in [-0.2, -0.15) is 0 Å². The summed E-state index contributed by atoms with van der Waals surface area (Å²) in [6.45, 7) is 5.91. The molecular weight excluding hydrogens is 178 g/mol. The van der Waals surface area contributed by atoms with Crippen LogP contribution in [-0.2, 0) is 9.47 Å². The first-order valence-corrected chi connectivity index (χ1v) is 5.73. The van der Waals surface area contributed by atoms with E-state index in [4.69, 9.17) is 9.47 Å². The molecule has 0 radical (unpaired) electrons. The maximum Gasteiger partial charge on any atom is 0.0699 e. The van der Waals surface area contributed by atoms with Crippen LogP contribution in [0.15, 0.2) is 0 Å². The molecule has 0 aromatic carbocycles. The predicted octanol–water partition coefficient (Wildman–Crippen LogP) is 1.32. The van der Waals surface area contributed by atoms with E-state index in [-0.39, 0.29) is 5.54 Å². The van der Waals surface area contributed by atoms with E-state index < -0.39 is 0 Å². The molecule has 0 bridgehead atoms. The van der Waals surface area contributed by atoms with Crippen molar-refractivity contribution in [1.29, 1.82) is 0 Å². The van der Waals surface area contributed by atoms with Gasteiger partial charge in [-0.15, -0.1) is 0 Å². The minimum absolute atomic E-state index is 0.195. The maximum absolute atomic E-state index is 5.68. The Bertz CT molecular complexity index is 172. The Balaban J connectivity index is 1.70. The number of nitrogens with one attached hydrogen (secondary N) is 1. The Hall–Kier alpha value is -0.120. The zero-order valence-electron chi connectivity index (χ0n) is 9.05. The van der Waals surface area contributed by atoms with Gasteiger partial charge in [-0.05, 0) is 32.6 Å². The highest BCUT2D eigenvalue weighted by molar-refractivity contribution is 4.87. The third-order valence-electron chi connectivity index (χ3n) is 3.25. The Morgan fingerprint density at radius 3 is 2.93 bits per heavy atom. The quantitative estimate of drug-likeness (QED) is 0.743. The summed E-state index contributed by atoms with van der Waals surface area (Å²) in [5, 5.41) is 3.58. The second-order valence-electron chi connectivity index (χ2n) is 4.73. The molecule has 2 aliphatic rings. The number of hydrogen-bond acceptors (Lipinski definition) is 3. The molecule has 0 aromatic rings. The largest absolute Gasteiger partial charge is 0.379 e. The Kier molecular flexibility index (Phi) is 3.42. The molecule has 2 heterocycles. The van der Waals surface area contributed by atoms with Crippen molar-refractivity contribution in [3.8, 4) is 0 Å². The van der Waals surface area contributed by atoms with Crippen molar-refractivity contribution in [2.24, 2.45) is 0 Å². The van der Waals surface area contributed by atoms with Crippen LogP contribution in [0.5, 0.6) is 0 Å². The molecule has 3 nitrogen and oxygen atoms in total. The van der Waals surface area contributed by atoms with Gasteiger partial charge in [-0.1, -0.05) is 0 Å². The van der Waals surface area contributed by atoms with E-state index in [1.165, 1.54) is 19.3 Å². The molecule has 3 heteroatoms. The first-order valence-electron chi connectivity index (χ1n) is 5.73. The molecule has 2 rings (SSSR count). The average Bonchev–Trinajstić information content (AvgIpc) is 2.65.